The van der Waals surface area contributed by atoms with Gasteiger partial charge in [0.05, 0.1) is 11.8 Å². The molecule has 2 aliphatic rings. The monoisotopic (exact) mass is 297 g/mol. The van der Waals surface area contributed by atoms with Crippen molar-refractivity contribution in [2.75, 3.05) is 12.3 Å². The first-order valence-electron chi connectivity index (χ1n) is 6.60. The summed E-state index contributed by atoms with van der Waals surface area (Å²) in [6, 6.07) is -0.316. The van der Waals surface area contributed by atoms with Gasteiger partial charge in [0.15, 0.2) is 0 Å². The minimum absolute atomic E-state index is 0.162. The molecule has 3 rings (SSSR count). The fourth-order valence-electron chi connectivity index (χ4n) is 2.36. The number of carbonyl (C=O) groups excluding carboxylic acids is 1. The molecule has 8 nitrogen and oxygen atoms in total. The zero-order chi connectivity index (χ0) is 14.1. The number of rotatable bonds is 5. The summed E-state index contributed by atoms with van der Waals surface area (Å²) in [6.07, 6.45) is 3.41. The average Bonchev–Trinajstić information content (AvgIpc) is 2.97. The predicted molar refractivity (Wildman–Crippen MR) is 69.2 cm³/mol. The molecule has 1 aromatic rings. The minimum Gasteiger partial charge on any atom is -0.480 e. The first-order chi connectivity index (χ1) is 9.66. The zero-order valence-corrected chi connectivity index (χ0v) is 11.6. The lowest BCUT2D eigenvalue weighted by Gasteiger charge is -2.20. The van der Waals surface area contributed by atoms with Gasteiger partial charge in [-0.3, -0.25) is 4.79 Å². The van der Waals surface area contributed by atoms with E-state index in [0.29, 0.717) is 24.2 Å². The van der Waals surface area contributed by atoms with Gasteiger partial charge in [-0.25, -0.2) is 9.48 Å². The Labute approximate surface area is 119 Å². The van der Waals surface area contributed by atoms with Crippen molar-refractivity contribution in [2.24, 2.45) is 0 Å². The van der Waals surface area contributed by atoms with Crippen molar-refractivity contribution in [3.8, 4) is 0 Å². The molecular formula is C11H15N5O3S. The van der Waals surface area contributed by atoms with Gasteiger partial charge in [0.2, 0.25) is 11.1 Å². The molecule has 0 radical (unpaired) electrons. The molecular weight excluding hydrogens is 282 g/mol. The van der Waals surface area contributed by atoms with Crippen LogP contribution in [0.25, 0.3) is 0 Å². The molecule has 0 aromatic carbocycles. The normalized spacial score (nSPS) is 22.2. The van der Waals surface area contributed by atoms with Gasteiger partial charge in [-0.2, -0.15) is 0 Å². The lowest BCUT2D eigenvalue weighted by molar-refractivity contribution is -0.147. The molecule has 108 valence electrons. The molecule has 1 aliphatic carbocycles. The number of amides is 1. The van der Waals surface area contributed by atoms with Crippen LogP contribution in [0.5, 0.6) is 0 Å². The zero-order valence-electron chi connectivity index (χ0n) is 10.8. The van der Waals surface area contributed by atoms with Gasteiger partial charge in [0, 0.05) is 6.54 Å². The van der Waals surface area contributed by atoms with Crippen LogP contribution in [-0.2, 0) is 9.59 Å². The summed E-state index contributed by atoms with van der Waals surface area (Å²) < 4.78 is 1.75. The number of carboxylic acids is 1. The molecule has 1 amide bonds. The van der Waals surface area contributed by atoms with Gasteiger partial charge in [-0.05, 0) is 36.1 Å². The number of carboxylic acid groups (broad SMARTS) is 1. The number of likely N-dealkylation sites (tertiary alicyclic amines) is 1. The van der Waals surface area contributed by atoms with Crippen molar-refractivity contribution in [3.63, 3.8) is 0 Å². The molecule has 9 heteroatoms. The quantitative estimate of drug-likeness (QED) is 0.773. The van der Waals surface area contributed by atoms with Crippen molar-refractivity contribution in [1.82, 2.24) is 25.1 Å². The molecule has 1 atom stereocenters. The largest absolute Gasteiger partial charge is 0.480 e. The van der Waals surface area contributed by atoms with E-state index in [1.54, 1.807) is 4.68 Å². The van der Waals surface area contributed by atoms with E-state index in [0.717, 1.165) is 19.3 Å². The Morgan fingerprint density at radius 1 is 1.35 bits per heavy atom. The third-order valence-corrected chi connectivity index (χ3v) is 4.46. The minimum atomic E-state index is -0.927. The van der Waals surface area contributed by atoms with Crippen LogP contribution in [0.4, 0.5) is 0 Å². The third-order valence-electron chi connectivity index (χ3n) is 3.54. The van der Waals surface area contributed by atoms with Crippen LogP contribution >= 0.6 is 11.8 Å². The maximum atomic E-state index is 12.1. The molecule has 20 heavy (non-hydrogen) atoms. The maximum Gasteiger partial charge on any atom is 0.326 e. The molecule has 2 heterocycles. The van der Waals surface area contributed by atoms with Crippen molar-refractivity contribution in [1.29, 1.82) is 0 Å². The number of aromatic nitrogens is 4. The van der Waals surface area contributed by atoms with Gasteiger partial charge < -0.3 is 10.0 Å². The van der Waals surface area contributed by atoms with Gasteiger partial charge >= 0.3 is 5.97 Å². The summed E-state index contributed by atoms with van der Waals surface area (Å²) in [7, 11) is 0. The molecule has 1 saturated carbocycles. The molecule has 0 bridgehead atoms. The van der Waals surface area contributed by atoms with E-state index in [4.69, 9.17) is 5.11 Å². The van der Waals surface area contributed by atoms with Gasteiger partial charge in [0.1, 0.15) is 6.04 Å². The smallest absolute Gasteiger partial charge is 0.326 e. The van der Waals surface area contributed by atoms with E-state index >= 15 is 0 Å². The van der Waals surface area contributed by atoms with E-state index < -0.39 is 12.0 Å². The van der Waals surface area contributed by atoms with E-state index in [2.05, 4.69) is 15.5 Å². The first kappa shape index (κ1) is 13.3. The second-order valence-corrected chi connectivity index (χ2v) is 5.95. The Morgan fingerprint density at radius 2 is 2.15 bits per heavy atom. The average molecular weight is 297 g/mol. The van der Waals surface area contributed by atoms with Crippen molar-refractivity contribution >= 4 is 23.6 Å². The van der Waals surface area contributed by atoms with Gasteiger partial charge in [-0.1, -0.05) is 11.8 Å². The van der Waals surface area contributed by atoms with Crippen molar-refractivity contribution in [3.05, 3.63) is 0 Å². The predicted octanol–water partition coefficient (Wildman–Crippen LogP) is 0.176. The lowest BCUT2D eigenvalue weighted by Crippen LogP contribution is -2.41. The van der Waals surface area contributed by atoms with E-state index in [9.17, 15) is 9.59 Å². The number of thioether (sulfide) groups is 1. The molecule has 1 saturated heterocycles. The molecule has 0 spiro atoms. The summed E-state index contributed by atoms with van der Waals surface area (Å²) >= 11 is 1.27. The number of tetrazole rings is 1. The van der Waals surface area contributed by atoms with Crippen LogP contribution in [0.15, 0.2) is 5.16 Å². The van der Waals surface area contributed by atoms with Crippen LogP contribution in [0, 0.1) is 0 Å². The fraction of sp³-hybridized carbons (Fsp3) is 0.727. The first-order valence-corrected chi connectivity index (χ1v) is 7.58. The second kappa shape index (κ2) is 5.39. The summed E-state index contributed by atoms with van der Waals surface area (Å²) in [4.78, 5) is 24.6. The lowest BCUT2D eigenvalue weighted by atomic mass is 10.2. The Balaban J connectivity index is 1.59. The fourth-order valence-corrected chi connectivity index (χ4v) is 3.19. The summed E-state index contributed by atoms with van der Waals surface area (Å²) in [5, 5.41) is 21.1. The number of hydrogen-bond donors (Lipinski definition) is 1. The Bertz CT molecular complexity index is 530. The Kier molecular flexibility index (Phi) is 3.60. The van der Waals surface area contributed by atoms with E-state index in [1.165, 1.54) is 16.7 Å². The number of carbonyl (C=O) groups is 2. The number of aliphatic carboxylic acids is 1. The highest BCUT2D eigenvalue weighted by Crippen LogP contribution is 2.36. The highest BCUT2D eigenvalue weighted by molar-refractivity contribution is 7.99. The third kappa shape index (κ3) is 2.62. The van der Waals surface area contributed by atoms with Crippen LogP contribution in [-0.4, -0.2) is 60.4 Å². The summed E-state index contributed by atoms with van der Waals surface area (Å²) in [5.74, 6) is -0.912. The van der Waals surface area contributed by atoms with Gasteiger partial charge in [-0.15, -0.1) is 5.10 Å². The van der Waals surface area contributed by atoms with Crippen LogP contribution in [0.1, 0.15) is 31.7 Å². The highest BCUT2D eigenvalue weighted by atomic mass is 32.2. The summed E-state index contributed by atoms with van der Waals surface area (Å²) in [6.45, 7) is 0.518. The van der Waals surface area contributed by atoms with Crippen molar-refractivity contribution in [2.45, 2.75) is 42.9 Å². The second-order valence-electron chi connectivity index (χ2n) is 5.01. The Hall–Kier alpha value is -1.64. The molecule has 1 aromatic heterocycles. The van der Waals surface area contributed by atoms with Crippen LogP contribution in [0.2, 0.25) is 0 Å². The number of nitrogens with zero attached hydrogens (tertiary/aromatic N) is 5. The Morgan fingerprint density at radius 3 is 2.85 bits per heavy atom. The van der Waals surface area contributed by atoms with Crippen LogP contribution < -0.4 is 0 Å². The summed E-state index contributed by atoms with van der Waals surface area (Å²) in [5.41, 5.74) is 0. The molecule has 1 aliphatic heterocycles. The van der Waals surface area contributed by atoms with E-state index in [1.807, 2.05) is 0 Å². The van der Waals surface area contributed by atoms with Crippen molar-refractivity contribution < 1.29 is 14.7 Å². The molecule has 0 unspecified atom stereocenters. The standard InChI is InChI=1S/C11H15N5O3S/c17-9(15-5-1-2-8(15)10(18)19)6-20-11-12-13-14-16(11)7-3-4-7/h7-8H,1-6H2,(H,18,19)/t8-/m1/s1. The maximum absolute atomic E-state index is 12.1. The molecule has 1 N–H and O–H groups in total. The topological polar surface area (TPSA) is 101 Å². The van der Waals surface area contributed by atoms with E-state index in [-0.39, 0.29) is 11.7 Å². The SMILES string of the molecule is O=C(O)[C@H]1CCCN1C(=O)CSc1nnnn1C1CC1. The highest BCUT2D eigenvalue weighted by Gasteiger charge is 2.34. The van der Waals surface area contributed by atoms with Gasteiger partial charge in [0.25, 0.3) is 0 Å². The number of hydrogen-bond acceptors (Lipinski definition) is 6. The van der Waals surface area contributed by atoms with Crippen LogP contribution in [0.3, 0.4) is 0 Å². The molecule has 2 fully saturated rings.